The van der Waals surface area contributed by atoms with E-state index in [0.29, 0.717) is 36.2 Å². The maximum Gasteiger partial charge on any atom is 0.260 e. The lowest BCUT2D eigenvalue weighted by atomic mass is 10.1. The molecule has 2 aromatic rings. The van der Waals surface area contributed by atoms with Gasteiger partial charge in [0.2, 0.25) is 0 Å². The highest BCUT2D eigenvalue weighted by Crippen LogP contribution is 2.30. The minimum absolute atomic E-state index is 0.165. The van der Waals surface area contributed by atoms with Crippen molar-refractivity contribution in [2.24, 2.45) is 0 Å². The first-order valence-corrected chi connectivity index (χ1v) is 8.00. The third-order valence-corrected chi connectivity index (χ3v) is 3.82. The lowest BCUT2D eigenvalue weighted by molar-refractivity contribution is -0.142. The number of ether oxygens (including phenoxy) is 2. The third-order valence-electron chi connectivity index (χ3n) is 3.82. The number of aryl methyl sites for hydroxylation is 1. The summed E-state index contributed by atoms with van der Waals surface area (Å²) in [6.45, 7) is 7.09. The maximum absolute atomic E-state index is 12.4. The number of amides is 1. The average molecular weight is 331 g/mol. The van der Waals surface area contributed by atoms with E-state index >= 15 is 0 Å². The van der Waals surface area contributed by atoms with Gasteiger partial charge in [0.15, 0.2) is 11.9 Å². The first kappa shape index (κ1) is 16.6. The summed E-state index contributed by atoms with van der Waals surface area (Å²) in [4.78, 5) is 16.9. The molecule has 0 bridgehead atoms. The van der Waals surface area contributed by atoms with Crippen LogP contribution in [0.4, 0.5) is 5.69 Å². The molecule has 1 aliphatic rings. The van der Waals surface area contributed by atoms with Crippen molar-refractivity contribution in [2.75, 3.05) is 25.1 Å². The Morgan fingerprint density at radius 3 is 2.83 bits per heavy atom. The summed E-state index contributed by atoms with van der Waals surface area (Å²) < 4.78 is 16.1. The summed E-state index contributed by atoms with van der Waals surface area (Å²) in [5.74, 6) is 0.943. The maximum atomic E-state index is 12.4. The molecule has 3 rings (SSSR count). The molecule has 24 heavy (non-hydrogen) atoms. The summed E-state index contributed by atoms with van der Waals surface area (Å²) in [6.07, 6.45) is -0.611. The number of para-hydroxylation sites is 1. The van der Waals surface area contributed by atoms with E-state index in [2.05, 4.69) is 15.5 Å². The van der Waals surface area contributed by atoms with Crippen molar-refractivity contribution in [3.8, 4) is 11.5 Å². The molecule has 0 radical (unpaired) electrons. The van der Waals surface area contributed by atoms with Gasteiger partial charge in [0.1, 0.15) is 0 Å². The molecular weight excluding hydrogens is 310 g/mol. The van der Waals surface area contributed by atoms with Crippen LogP contribution >= 0.6 is 0 Å². The molecule has 1 fully saturated rings. The van der Waals surface area contributed by atoms with Gasteiger partial charge in [0.25, 0.3) is 11.8 Å². The second kappa shape index (κ2) is 7.11. The minimum Gasteiger partial charge on any atom is -0.376 e. The van der Waals surface area contributed by atoms with E-state index in [0.717, 1.165) is 5.56 Å². The molecule has 0 spiro atoms. The Bertz CT molecular complexity index is 720. The second-order valence-electron chi connectivity index (χ2n) is 6.03. The molecule has 2 heterocycles. The number of benzene rings is 1. The van der Waals surface area contributed by atoms with Crippen LogP contribution in [0.25, 0.3) is 11.5 Å². The Kier molecular flexibility index (Phi) is 4.92. The second-order valence-corrected chi connectivity index (χ2v) is 6.03. The van der Waals surface area contributed by atoms with Gasteiger partial charge >= 0.3 is 0 Å². The Labute approximate surface area is 140 Å². The molecule has 1 N–H and O–H groups in total. The Morgan fingerprint density at radius 2 is 2.17 bits per heavy atom. The van der Waals surface area contributed by atoms with Crippen molar-refractivity contribution in [3.05, 3.63) is 29.6 Å². The van der Waals surface area contributed by atoms with Crippen molar-refractivity contribution >= 4 is 11.6 Å². The number of carbonyl (C=O) groups is 1. The summed E-state index contributed by atoms with van der Waals surface area (Å²) in [7, 11) is 0. The number of hydrogen-bond acceptors (Lipinski definition) is 6. The minimum atomic E-state index is -0.611. The van der Waals surface area contributed by atoms with Crippen LogP contribution in [0.2, 0.25) is 0 Å². The van der Waals surface area contributed by atoms with Gasteiger partial charge in [-0.2, -0.15) is 4.98 Å². The van der Waals surface area contributed by atoms with Crippen LogP contribution in [-0.4, -0.2) is 42.0 Å². The van der Waals surface area contributed by atoms with Gasteiger partial charge in [-0.1, -0.05) is 31.1 Å². The zero-order valence-corrected chi connectivity index (χ0v) is 14.0. The molecule has 0 saturated carbocycles. The smallest absolute Gasteiger partial charge is 0.260 e. The first-order valence-electron chi connectivity index (χ1n) is 8.00. The van der Waals surface area contributed by atoms with Crippen molar-refractivity contribution < 1.29 is 18.8 Å². The number of hydrogen-bond donors (Lipinski definition) is 1. The molecule has 7 nitrogen and oxygen atoms in total. The highest BCUT2D eigenvalue weighted by Gasteiger charge is 2.25. The fraction of sp³-hybridized carbons (Fsp3) is 0.471. The van der Waals surface area contributed by atoms with Crippen LogP contribution in [0.5, 0.6) is 0 Å². The molecule has 1 unspecified atom stereocenters. The van der Waals surface area contributed by atoms with Crippen molar-refractivity contribution in [1.82, 2.24) is 10.1 Å². The largest absolute Gasteiger partial charge is 0.376 e. The average Bonchev–Trinajstić information content (AvgIpc) is 3.07. The van der Waals surface area contributed by atoms with Crippen molar-refractivity contribution in [3.63, 3.8) is 0 Å². The number of anilines is 1. The van der Waals surface area contributed by atoms with Gasteiger partial charge in [-0.3, -0.25) is 4.79 Å². The predicted molar refractivity (Wildman–Crippen MR) is 87.7 cm³/mol. The van der Waals surface area contributed by atoms with Gasteiger partial charge in [-0.25, -0.2) is 0 Å². The molecule has 1 aromatic heterocycles. The van der Waals surface area contributed by atoms with E-state index in [4.69, 9.17) is 14.0 Å². The Hall–Kier alpha value is -2.25. The summed E-state index contributed by atoms with van der Waals surface area (Å²) in [5.41, 5.74) is 2.25. The quantitative estimate of drug-likeness (QED) is 0.926. The van der Waals surface area contributed by atoms with E-state index in [9.17, 15) is 4.79 Å². The molecule has 1 atom stereocenters. The van der Waals surface area contributed by atoms with Gasteiger partial charge in [-0.05, 0) is 18.6 Å². The molecule has 7 heteroatoms. The molecule has 1 aliphatic heterocycles. The lowest BCUT2D eigenvalue weighted by Crippen LogP contribution is -2.39. The van der Waals surface area contributed by atoms with E-state index in [-0.39, 0.29) is 18.4 Å². The molecule has 1 amide bonds. The van der Waals surface area contributed by atoms with Crippen LogP contribution in [0, 0.1) is 6.92 Å². The third kappa shape index (κ3) is 3.47. The fourth-order valence-corrected chi connectivity index (χ4v) is 2.43. The molecule has 1 saturated heterocycles. The summed E-state index contributed by atoms with van der Waals surface area (Å²) >= 11 is 0. The number of rotatable bonds is 4. The lowest BCUT2D eigenvalue weighted by Gasteiger charge is -2.23. The summed E-state index contributed by atoms with van der Waals surface area (Å²) in [6, 6.07) is 5.65. The van der Waals surface area contributed by atoms with Crippen LogP contribution in [0.15, 0.2) is 22.7 Å². The molecule has 128 valence electrons. The van der Waals surface area contributed by atoms with Gasteiger partial charge in [0, 0.05) is 5.92 Å². The number of nitrogens with zero attached hydrogens (tertiary/aromatic N) is 2. The standard InChI is InChI=1S/C17H21N3O4/c1-10(2)15-19-17(24-20-15)12-6-4-5-11(3)14(12)18-16(21)13-9-22-7-8-23-13/h4-6,10,13H,7-9H2,1-3H3,(H,18,21). The first-order chi connectivity index (χ1) is 11.6. The molecule has 1 aromatic carbocycles. The van der Waals surface area contributed by atoms with Gasteiger partial charge in [0.05, 0.1) is 31.1 Å². The zero-order chi connectivity index (χ0) is 17.1. The van der Waals surface area contributed by atoms with E-state index in [1.165, 1.54) is 0 Å². The van der Waals surface area contributed by atoms with Gasteiger partial charge in [-0.15, -0.1) is 0 Å². The SMILES string of the molecule is Cc1cccc(-c2nc(C(C)C)no2)c1NC(=O)C1COCCO1. The zero-order valence-electron chi connectivity index (χ0n) is 14.0. The fourth-order valence-electron chi connectivity index (χ4n) is 2.43. The number of nitrogens with one attached hydrogen (secondary N) is 1. The van der Waals surface area contributed by atoms with Crippen LogP contribution in [-0.2, 0) is 14.3 Å². The number of carbonyl (C=O) groups excluding carboxylic acids is 1. The normalized spacial score (nSPS) is 17.9. The van der Waals surface area contributed by atoms with Crippen LogP contribution in [0.3, 0.4) is 0 Å². The molecule has 0 aliphatic carbocycles. The van der Waals surface area contributed by atoms with E-state index in [1.54, 1.807) is 0 Å². The van der Waals surface area contributed by atoms with Crippen LogP contribution in [0.1, 0.15) is 31.2 Å². The van der Waals surface area contributed by atoms with Crippen molar-refractivity contribution in [1.29, 1.82) is 0 Å². The monoisotopic (exact) mass is 331 g/mol. The Balaban J connectivity index is 1.88. The Morgan fingerprint density at radius 1 is 1.33 bits per heavy atom. The predicted octanol–water partition coefficient (Wildman–Crippen LogP) is 2.52. The van der Waals surface area contributed by atoms with E-state index in [1.807, 2.05) is 39.0 Å². The van der Waals surface area contributed by atoms with Gasteiger partial charge < -0.3 is 19.3 Å². The van der Waals surface area contributed by atoms with E-state index < -0.39 is 6.10 Å². The van der Waals surface area contributed by atoms with Crippen molar-refractivity contribution in [2.45, 2.75) is 32.8 Å². The highest BCUT2D eigenvalue weighted by atomic mass is 16.6. The number of aromatic nitrogens is 2. The topological polar surface area (TPSA) is 86.5 Å². The highest BCUT2D eigenvalue weighted by molar-refractivity contribution is 5.98. The summed E-state index contributed by atoms with van der Waals surface area (Å²) in [5, 5.41) is 6.90. The van der Waals surface area contributed by atoms with Crippen LogP contribution < -0.4 is 5.32 Å². The molecular formula is C17H21N3O4.